The Morgan fingerprint density at radius 1 is 1.40 bits per heavy atom. The van der Waals surface area contributed by atoms with Crippen LogP contribution in [-0.4, -0.2) is 30.6 Å². The summed E-state index contributed by atoms with van der Waals surface area (Å²) < 4.78 is 0. The van der Waals surface area contributed by atoms with Gasteiger partial charge < -0.3 is 5.73 Å². The molecule has 1 fully saturated rings. The first-order valence-electron chi connectivity index (χ1n) is 5.79. The minimum atomic E-state index is 0.542. The summed E-state index contributed by atoms with van der Waals surface area (Å²) >= 11 is 0. The average molecular weight is 204 g/mol. The average Bonchev–Trinajstić information content (AvgIpc) is 2.14. The molecule has 2 N–H and O–H groups in total. The van der Waals surface area contributed by atoms with E-state index in [2.05, 4.69) is 36.1 Å². The molecule has 1 saturated heterocycles. The van der Waals surface area contributed by atoms with Gasteiger partial charge in [0.2, 0.25) is 0 Å². The van der Waals surface area contributed by atoms with Crippen LogP contribution in [0.15, 0.2) is 24.3 Å². The van der Waals surface area contributed by atoms with Gasteiger partial charge in [0.15, 0.2) is 0 Å². The molecule has 1 heterocycles. The molecule has 2 rings (SSSR count). The summed E-state index contributed by atoms with van der Waals surface area (Å²) in [5.41, 5.74) is 8.58. The first-order valence-corrected chi connectivity index (χ1v) is 5.79. The van der Waals surface area contributed by atoms with E-state index in [-0.39, 0.29) is 0 Å². The maximum Gasteiger partial charge on any atom is 0.0258 e. The fourth-order valence-electron chi connectivity index (χ4n) is 2.18. The maximum atomic E-state index is 5.83. The quantitative estimate of drug-likeness (QED) is 0.806. The van der Waals surface area contributed by atoms with E-state index in [0.29, 0.717) is 6.04 Å². The van der Waals surface area contributed by atoms with Crippen molar-refractivity contribution in [2.24, 2.45) is 5.73 Å². The summed E-state index contributed by atoms with van der Waals surface area (Å²) in [5.74, 6) is 0. The lowest BCUT2D eigenvalue weighted by atomic mass is 10.0. The fraction of sp³-hybridized carbons (Fsp3) is 0.538. The second kappa shape index (κ2) is 4.77. The molecule has 15 heavy (non-hydrogen) atoms. The number of hydrogen-bond acceptors (Lipinski definition) is 2. The van der Waals surface area contributed by atoms with Crippen molar-refractivity contribution in [1.29, 1.82) is 0 Å². The number of nitrogens with zero attached hydrogens (tertiary/aromatic N) is 1. The maximum absolute atomic E-state index is 5.83. The molecule has 0 spiro atoms. The summed E-state index contributed by atoms with van der Waals surface area (Å²) in [5, 5.41) is 0. The lowest BCUT2D eigenvalue weighted by Gasteiger charge is -2.38. The van der Waals surface area contributed by atoms with Gasteiger partial charge in [-0.3, -0.25) is 4.90 Å². The summed E-state index contributed by atoms with van der Waals surface area (Å²) in [6, 6.07) is 9.29. The molecule has 0 aromatic heterocycles. The molecule has 0 saturated carbocycles. The van der Waals surface area contributed by atoms with E-state index >= 15 is 0 Å². The Hall–Kier alpha value is -0.860. The van der Waals surface area contributed by atoms with Crippen LogP contribution in [0, 0.1) is 6.92 Å². The standard InChI is InChI=1S/C13H20N2/c1-11-4-2-5-12(8-11)9-13(10-14)15-6-3-7-15/h2,4-5,8,13H,3,6-7,9-10,14H2,1H3. The molecule has 1 unspecified atom stereocenters. The predicted molar refractivity (Wildman–Crippen MR) is 63.9 cm³/mol. The van der Waals surface area contributed by atoms with E-state index in [1.165, 1.54) is 30.6 Å². The lowest BCUT2D eigenvalue weighted by molar-refractivity contribution is 0.121. The van der Waals surface area contributed by atoms with Crippen LogP contribution in [0.2, 0.25) is 0 Å². The van der Waals surface area contributed by atoms with Crippen LogP contribution in [0.25, 0.3) is 0 Å². The molecular formula is C13H20N2. The highest BCUT2D eigenvalue weighted by molar-refractivity contribution is 5.23. The fourth-order valence-corrected chi connectivity index (χ4v) is 2.18. The Bertz CT molecular complexity index is 318. The van der Waals surface area contributed by atoms with Crippen molar-refractivity contribution in [2.45, 2.75) is 25.8 Å². The van der Waals surface area contributed by atoms with Crippen molar-refractivity contribution in [3.05, 3.63) is 35.4 Å². The predicted octanol–water partition coefficient (Wildman–Crippen LogP) is 1.57. The van der Waals surface area contributed by atoms with Crippen LogP contribution >= 0.6 is 0 Å². The van der Waals surface area contributed by atoms with Crippen LogP contribution < -0.4 is 5.73 Å². The highest BCUT2D eigenvalue weighted by atomic mass is 15.2. The van der Waals surface area contributed by atoms with E-state index < -0.39 is 0 Å². The van der Waals surface area contributed by atoms with Crippen LogP contribution in [0.3, 0.4) is 0 Å². The van der Waals surface area contributed by atoms with Crippen LogP contribution in [0.5, 0.6) is 0 Å². The SMILES string of the molecule is Cc1cccc(CC(CN)N2CCC2)c1. The Morgan fingerprint density at radius 2 is 2.20 bits per heavy atom. The summed E-state index contributed by atoms with van der Waals surface area (Å²) in [6.07, 6.45) is 2.43. The second-order valence-corrected chi connectivity index (χ2v) is 4.47. The Kier molecular flexibility index (Phi) is 3.39. The van der Waals surface area contributed by atoms with Gasteiger partial charge in [-0.25, -0.2) is 0 Å². The molecule has 2 heteroatoms. The Morgan fingerprint density at radius 3 is 2.73 bits per heavy atom. The Balaban J connectivity index is 1.99. The molecular weight excluding hydrogens is 184 g/mol. The molecule has 1 aromatic carbocycles. The van der Waals surface area contributed by atoms with Gasteiger partial charge in [0.05, 0.1) is 0 Å². The molecule has 0 amide bonds. The van der Waals surface area contributed by atoms with E-state index in [1.54, 1.807) is 0 Å². The van der Waals surface area contributed by atoms with Crippen molar-refractivity contribution in [1.82, 2.24) is 4.90 Å². The number of likely N-dealkylation sites (tertiary alicyclic amines) is 1. The van der Waals surface area contributed by atoms with Crippen LogP contribution in [0.4, 0.5) is 0 Å². The van der Waals surface area contributed by atoms with E-state index in [1.807, 2.05) is 0 Å². The van der Waals surface area contributed by atoms with Crippen molar-refractivity contribution in [3.63, 3.8) is 0 Å². The number of hydrogen-bond donors (Lipinski definition) is 1. The summed E-state index contributed by atoms with van der Waals surface area (Å²) in [7, 11) is 0. The largest absolute Gasteiger partial charge is 0.329 e. The molecule has 1 aliphatic rings. The normalized spacial score (nSPS) is 18.5. The molecule has 2 nitrogen and oxygen atoms in total. The second-order valence-electron chi connectivity index (χ2n) is 4.47. The highest BCUT2D eigenvalue weighted by Crippen LogP contribution is 2.15. The van der Waals surface area contributed by atoms with Gasteiger partial charge in [-0.1, -0.05) is 29.8 Å². The molecule has 0 bridgehead atoms. The minimum absolute atomic E-state index is 0.542. The van der Waals surface area contributed by atoms with Gasteiger partial charge in [-0.2, -0.15) is 0 Å². The highest BCUT2D eigenvalue weighted by Gasteiger charge is 2.22. The van der Waals surface area contributed by atoms with Gasteiger partial charge in [0.1, 0.15) is 0 Å². The third-order valence-corrected chi connectivity index (χ3v) is 3.23. The van der Waals surface area contributed by atoms with Gasteiger partial charge in [-0.15, -0.1) is 0 Å². The number of nitrogens with two attached hydrogens (primary N) is 1. The first kappa shape index (κ1) is 10.7. The molecule has 82 valence electrons. The zero-order chi connectivity index (χ0) is 10.7. The minimum Gasteiger partial charge on any atom is -0.329 e. The molecule has 1 aliphatic heterocycles. The smallest absolute Gasteiger partial charge is 0.0258 e. The van der Waals surface area contributed by atoms with E-state index in [9.17, 15) is 0 Å². The summed E-state index contributed by atoms with van der Waals surface area (Å²) in [6.45, 7) is 5.37. The van der Waals surface area contributed by atoms with Crippen molar-refractivity contribution >= 4 is 0 Å². The molecule has 1 aromatic rings. The number of rotatable bonds is 4. The Labute approximate surface area is 92.1 Å². The summed E-state index contributed by atoms with van der Waals surface area (Å²) in [4.78, 5) is 2.49. The monoisotopic (exact) mass is 204 g/mol. The lowest BCUT2D eigenvalue weighted by Crippen LogP contribution is -2.49. The zero-order valence-electron chi connectivity index (χ0n) is 9.45. The van der Waals surface area contributed by atoms with Crippen molar-refractivity contribution in [3.8, 4) is 0 Å². The first-order chi connectivity index (χ1) is 7.29. The van der Waals surface area contributed by atoms with E-state index in [0.717, 1.165) is 13.0 Å². The van der Waals surface area contributed by atoms with Gasteiger partial charge in [0, 0.05) is 12.6 Å². The van der Waals surface area contributed by atoms with Crippen molar-refractivity contribution < 1.29 is 0 Å². The van der Waals surface area contributed by atoms with Gasteiger partial charge in [-0.05, 0) is 38.4 Å². The molecule has 0 aliphatic carbocycles. The zero-order valence-corrected chi connectivity index (χ0v) is 9.45. The van der Waals surface area contributed by atoms with Crippen molar-refractivity contribution in [2.75, 3.05) is 19.6 Å². The third-order valence-electron chi connectivity index (χ3n) is 3.23. The van der Waals surface area contributed by atoms with E-state index in [4.69, 9.17) is 5.73 Å². The van der Waals surface area contributed by atoms with Crippen LogP contribution in [0.1, 0.15) is 17.5 Å². The number of benzene rings is 1. The molecule has 1 atom stereocenters. The molecule has 0 radical (unpaired) electrons. The third kappa shape index (κ3) is 2.58. The van der Waals surface area contributed by atoms with Gasteiger partial charge in [0.25, 0.3) is 0 Å². The van der Waals surface area contributed by atoms with Gasteiger partial charge >= 0.3 is 0 Å². The topological polar surface area (TPSA) is 29.3 Å². The number of aryl methyl sites for hydroxylation is 1. The van der Waals surface area contributed by atoms with Crippen LogP contribution in [-0.2, 0) is 6.42 Å².